The van der Waals surface area contributed by atoms with E-state index in [2.05, 4.69) is 10.2 Å². The highest BCUT2D eigenvalue weighted by molar-refractivity contribution is 6.07. The highest BCUT2D eigenvalue weighted by Crippen LogP contribution is 2.24. The van der Waals surface area contributed by atoms with Crippen LogP contribution in [0.1, 0.15) is 22.8 Å². The number of benzene rings is 3. The summed E-state index contributed by atoms with van der Waals surface area (Å²) in [5.74, 6) is -1.45. The van der Waals surface area contributed by atoms with Crippen LogP contribution in [-0.4, -0.2) is 56.1 Å². The van der Waals surface area contributed by atoms with Gasteiger partial charge in [0.25, 0.3) is 0 Å². The fourth-order valence-corrected chi connectivity index (χ4v) is 3.42. The molecule has 1 amide bonds. The Hall–Kier alpha value is -3.64. The van der Waals surface area contributed by atoms with Crippen molar-refractivity contribution in [2.24, 2.45) is 0 Å². The van der Waals surface area contributed by atoms with E-state index >= 15 is 0 Å². The third-order valence-electron chi connectivity index (χ3n) is 5.37. The monoisotopic (exact) mass is 431 g/mol. The molecule has 0 saturated carbocycles. The molecule has 6 heteroatoms. The summed E-state index contributed by atoms with van der Waals surface area (Å²) >= 11 is 0. The molecule has 6 nitrogen and oxygen atoms in total. The molecule has 0 heterocycles. The van der Waals surface area contributed by atoms with Crippen LogP contribution in [0.25, 0.3) is 16.3 Å². The largest absolute Gasteiger partial charge is 0.478 e. The second-order valence-electron chi connectivity index (χ2n) is 8.14. The van der Waals surface area contributed by atoms with Crippen molar-refractivity contribution in [2.75, 3.05) is 44.4 Å². The number of carbonyl (C=O) groups excluding carboxylic acids is 1. The molecule has 32 heavy (non-hydrogen) atoms. The number of carboxylic acid groups (broad SMARTS) is 1. The van der Waals surface area contributed by atoms with Gasteiger partial charge in [0, 0.05) is 31.9 Å². The van der Waals surface area contributed by atoms with Crippen LogP contribution in [-0.2, 0) is 4.79 Å². The molecule has 0 radical (unpaired) electrons. The molecule has 0 aromatic heterocycles. The van der Waals surface area contributed by atoms with E-state index in [0.717, 1.165) is 40.7 Å². The molecule has 0 bridgehead atoms. The summed E-state index contributed by atoms with van der Waals surface area (Å²) in [7, 11) is 5.89. The third-order valence-corrected chi connectivity index (χ3v) is 5.37. The van der Waals surface area contributed by atoms with Gasteiger partial charge in [-0.25, -0.2) is 4.79 Å². The van der Waals surface area contributed by atoms with E-state index in [1.165, 1.54) is 6.08 Å². The van der Waals surface area contributed by atoms with E-state index < -0.39 is 5.97 Å². The smallest absolute Gasteiger partial charge is 0.337 e. The van der Waals surface area contributed by atoms with Gasteiger partial charge < -0.3 is 20.2 Å². The number of likely N-dealkylation sites (N-methyl/N-ethyl adjacent to an activating group) is 2. The molecular formula is C26H29N3O3. The number of nitrogens with one attached hydrogen (secondary N) is 1. The maximum Gasteiger partial charge on any atom is 0.337 e. The van der Waals surface area contributed by atoms with Gasteiger partial charge >= 0.3 is 5.97 Å². The fourth-order valence-electron chi connectivity index (χ4n) is 3.42. The second kappa shape index (κ2) is 10.1. The first-order chi connectivity index (χ1) is 15.2. The van der Waals surface area contributed by atoms with Gasteiger partial charge in [-0.15, -0.1) is 0 Å². The Morgan fingerprint density at radius 3 is 2.34 bits per heavy atom. The van der Waals surface area contributed by atoms with E-state index in [1.54, 1.807) is 12.1 Å². The summed E-state index contributed by atoms with van der Waals surface area (Å²) < 4.78 is 0. The lowest BCUT2D eigenvalue weighted by Gasteiger charge is -2.22. The SMILES string of the molecule is C/C(=C/C(=O)Nc1ccc(N(C)CCN(C)C)cc1C(=O)O)c1ccc2ccccc2c1. The van der Waals surface area contributed by atoms with Crippen LogP contribution < -0.4 is 10.2 Å². The number of fused-ring (bicyclic) bond motifs is 1. The van der Waals surface area contributed by atoms with Gasteiger partial charge in [0.05, 0.1) is 11.3 Å². The quantitative estimate of drug-likeness (QED) is 0.511. The van der Waals surface area contributed by atoms with Crippen molar-refractivity contribution >= 4 is 39.6 Å². The summed E-state index contributed by atoms with van der Waals surface area (Å²) in [4.78, 5) is 28.5. The predicted octanol–water partition coefficient (Wildman–Crippen LogP) is 4.58. The lowest BCUT2D eigenvalue weighted by atomic mass is 10.0. The van der Waals surface area contributed by atoms with Crippen LogP contribution in [0.4, 0.5) is 11.4 Å². The molecule has 0 spiro atoms. The van der Waals surface area contributed by atoms with Gasteiger partial charge in [-0.05, 0) is 67.2 Å². The van der Waals surface area contributed by atoms with Crippen LogP contribution in [0, 0.1) is 0 Å². The van der Waals surface area contributed by atoms with Gasteiger partial charge in [0.2, 0.25) is 5.91 Å². The average molecular weight is 432 g/mol. The zero-order valence-corrected chi connectivity index (χ0v) is 18.9. The third kappa shape index (κ3) is 5.74. The Morgan fingerprint density at radius 2 is 1.66 bits per heavy atom. The maximum absolute atomic E-state index is 12.6. The summed E-state index contributed by atoms with van der Waals surface area (Å²) in [5, 5.41) is 14.6. The predicted molar refractivity (Wildman–Crippen MR) is 131 cm³/mol. The molecule has 2 N–H and O–H groups in total. The number of carboxylic acids is 1. The van der Waals surface area contributed by atoms with Crippen LogP contribution in [0.2, 0.25) is 0 Å². The molecule has 0 unspecified atom stereocenters. The molecule has 3 aromatic rings. The van der Waals surface area contributed by atoms with Gasteiger partial charge in [-0.3, -0.25) is 4.79 Å². The number of anilines is 2. The zero-order chi connectivity index (χ0) is 23.3. The summed E-state index contributed by atoms with van der Waals surface area (Å²) in [6.07, 6.45) is 1.49. The number of allylic oxidation sites excluding steroid dienone is 1. The van der Waals surface area contributed by atoms with E-state index in [9.17, 15) is 14.7 Å². The van der Waals surface area contributed by atoms with Crippen LogP contribution in [0.5, 0.6) is 0 Å². The van der Waals surface area contributed by atoms with Gasteiger partial charge in [-0.1, -0.05) is 36.4 Å². The number of hydrogen-bond acceptors (Lipinski definition) is 4. The molecule has 0 atom stereocenters. The molecule has 0 saturated heterocycles. The van der Waals surface area contributed by atoms with E-state index in [0.29, 0.717) is 0 Å². The first kappa shape index (κ1) is 23.0. The van der Waals surface area contributed by atoms with Crippen molar-refractivity contribution in [3.63, 3.8) is 0 Å². The Balaban J connectivity index is 1.78. The van der Waals surface area contributed by atoms with E-state index in [1.807, 2.05) is 81.5 Å². The number of hydrogen-bond donors (Lipinski definition) is 2. The second-order valence-corrected chi connectivity index (χ2v) is 8.14. The molecule has 0 aliphatic heterocycles. The number of rotatable bonds is 8. The highest BCUT2D eigenvalue weighted by Gasteiger charge is 2.15. The topological polar surface area (TPSA) is 72.9 Å². The van der Waals surface area contributed by atoms with Crippen LogP contribution >= 0.6 is 0 Å². The molecule has 166 valence electrons. The number of aromatic carboxylic acids is 1. The van der Waals surface area contributed by atoms with Crippen molar-refractivity contribution in [2.45, 2.75) is 6.92 Å². The zero-order valence-electron chi connectivity index (χ0n) is 18.9. The number of carbonyl (C=O) groups is 2. The molecule has 0 aliphatic rings. The van der Waals surface area contributed by atoms with Crippen molar-refractivity contribution in [1.82, 2.24) is 4.90 Å². The van der Waals surface area contributed by atoms with Gasteiger partial charge in [-0.2, -0.15) is 0 Å². The number of amides is 1. The highest BCUT2D eigenvalue weighted by atomic mass is 16.4. The molecule has 0 fully saturated rings. The Labute approximate surface area is 188 Å². The maximum atomic E-state index is 12.6. The lowest BCUT2D eigenvalue weighted by molar-refractivity contribution is -0.111. The average Bonchev–Trinajstić information content (AvgIpc) is 2.77. The van der Waals surface area contributed by atoms with Crippen molar-refractivity contribution in [3.05, 3.63) is 77.9 Å². The molecule has 0 aliphatic carbocycles. The molecule has 3 rings (SSSR count). The molecular weight excluding hydrogens is 402 g/mol. The summed E-state index contributed by atoms with van der Waals surface area (Å²) in [6, 6.07) is 19.1. The Kier molecular flexibility index (Phi) is 7.28. The minimum atomic E-state index is -1.08. The lowest BCUT2D eigenvalue weighted by Crippen LogP contribution is -2.28. The normalized spacial score (nSPS) is 11.6. The van der Waals surface area contributed by atoms with Crippen LogP contribution in [0.3, 0.4) is 0 Å². The fraction of sp³-hybridized carbons (Fsp3) is 0.231. The molecule has 3 aromatic carbocycles. The van der Waals surface area contributed by atoms with E-state index in [-0.39, 0.29) is 17.2 Å². The minimum Gasteiger partial charge on any atom is -0.478 e. The van der Waals surface area contributed by atoms with Gasteiger partial charge in [0.15, 0.2) is 0 Å². The van der Waals surface area contributed by atoms with Crippen molar-refractivity contribution in [1.29, 1.82) is 0 Å². The van der Waals surface area contributed by atoms with E-state index in [4.69, 9.17) is 0 Å². The van der Waals surface area contributed by atoms with Crippen molar-refractivity contribution in [3.8, 4) is 0 Å². The summed E-state index contributed by atoms with van der Waals surface area (Å²) in [6.45, 7) is 3.46. The first-order valence-electron chi connectivity index (χ1n) is 10.5. The summed E-state index contributed by atoms with van der Waals surface area (Å²) in [5.41, 5.74) is 2.85. The van der Waals surface area contributed by atoms with Crippen LogP contribution in [0.15, 0.2) is 66.7 Å². The standard InChI is InChI=1S/C26H29N3O3/c1-18(20-10-9-19-7-5-6-8-21(19)16-20)15-25(30)27-24-12-11-22(17-23(24)26(31)32)29(4)14-13-28(2)3/h5-12,15-17H,13-14H2,1-4H3,(H,27,30)(H,31,32)/b18-15-. The Bertz CT molecular complexity index is 1170. The number of nitrogens with zero attached hydrogens (tertiary/aromatic N) is 2. The Morgan fingerprint density at radius 1 is 0.938 bits per heavy atom. The van der Waals surface area contributed by atoms with Gasteiger partial charge in [0.1, 0.15) is 0 Å². The minimum absolute atomic E-state index is 0.0595. The first-order valence-corrected chi connectivity index (χ1v) is 10.5. The van der Waals surface area contributed by atoms with Crippen molar-refractivity contribution < 1.29 is 14.7 Å².